The van der Waals surface area contributed by atoms with Crippen LogP contribution in [0.5, 0.6) is 0 Å². The Morgan fingerprint density at radius 2 is 1.87 bits per heavy atom. The Balaban J connectivity index is 1.79. The van der Waals surface area contributed by atoms with Crippen LogP contribution in [-0.4, -0.2) is 27.1 Å². The van der Waals surface area contributed by atoms with E-state index in [0.29, 0.717) is 18.7 Å². The number of rotatable bonds is 7. The summed E-state index contributed by atoms with van der Waals surface area (Å²) in [7, 11) is 0. The van der Waals surface area contributed by atoms with Crippen molar-refractivity contribution >= 4 is 12.0 Å². The molecule has 3 rings (SSSR count). The first-order valence-electron chi connectivity index (χ1n) is 9.72. The summed E-state index contributed by atoms with van der Waals surface area (Å²) in [5.74, 6) is -0.106. The Labute approximate surface area is 177 Å². The number of carbonyl (C=O) groups is 1. The number of hydrogen-bond acceptors (Lipinski definition) is 3. The first-order valence-corrected chi connectivity index (χ1v) is 9.72. The van der Waals surface area contributed by atoms with Gasteiger partial charge >= 0.3 is 0 Å². The van der Waals surface area contributed by atoms with Crippen molar-refractivity contribution in [3.8, 4) is 11.8 Å². The van der Waals surface area contributed by atoms with Gasteiger partial charge in [0, 0.05) is 30.4 Å². The minimum Gasteiger partial charge on any atom is -0.331 e. The Bertz CT molecular complexity index is 1100. The molecule has 0 bridgehead atoms. The van der Waals surface area contributed by atoms with Gasteiger partial charge in [0.25, 0.3) is 0 Å². The maximum Gasteiger partial charge on any atom is 0.247 e. The summed E-state index contributed by atoms with van der Waals surface area (Å²) >= 11 is 0. The van der Waals surface area contributed by atoms with Gasteiger partial charge in [0.1, 0.15) is 0 Å². The number of amides is 1. The average Bonchev–Trinajstić information content (AvgIpc) is 3.06. The standard InChI is InChI=1S/C25H24N4O/c1-4-16-28(18-22-12-10-21(17-26)11-13-22)25(30)15-14-24-19(2)27-29(20(24)3)23-8-6-5-7-9-23/h4-15H,1,16,18H2,2-3H3/b15-14+. The molecule has 3 aromatic rings. The van der Waals surface area contributed by atoms with Gasteiger partial charge in [0.05, 0.1) is 23.0 Å². The number of hydrogen-bond donors (Lipinski definition) is 0. The molecule has 0 radical (unpaired) electrons. The maximum absolute atomic E-state index is 12.8. The summed E-state index contributed by atoms with van der Waals surface area (Å²) < 4.78 is 1.89. The molecule has 0 aliphatic heterocycles. The number of nitriles is 1. The van der Waals surface area contributed by atoms with Crippen molar-refractivity contribution in [2.45, 2.75) is 20.4 Å². The van der Waals surface area contributed by atoms with Crippen LogP contribution in [0.4, 0.5) is 0 Å². The Morgan fingerprint density at radius 1 is 1.17 bits per heavy atom. The molecule has 0 spiro atoms. The summed E-state index contributed by atoms with van der Waals surface area (Å²) in [5, 5.41) is 13.6. The van der Waals surface area contributed by atoms with E-state index in [1.807, 2.05) is 67.1 Å². The maximum atomic E-state index is 12.8. The van der Waals surface area contributed by atoms with Crippen molar-refractivity contribution in [1.82, 2.24) is 14.7 Å². The smallest absolute Gasteiger partial charge is 0.247 e. The fourth-order valence-electron chi connectivity index (χ4n) is 3.27. The third-order valence-electron chi connectivity index (χ3n) is 4.86. The first kappa shape index (κ1) is 20.8. The van der Waals surface area contributed by atoms with E-state index in [4.69, 9.17) is 5.26 Å². The lowest BCUT2D eigenvalue weighted by atomic mass is 10.1. The van der Waals surface area contributed by atoms with E-state index in [0.717, 1.165) is 28.2 Å². The number of carbonyl (C=O) groups excluding carboxylic acids is 1. The number of aromatic nitrogens is 2. The van der Waals surface area contributed by atoms with Gasteiger partial charge in [-0.25, -0.2) is 4.68 Å². The third-order valence-corrected chi connectivity index (χ3v) is 4.86. The summed E-state index contributed by atoms with van der Waals surface area (Å²) in [6, 6.07) is 19.3. The van der Waals surface area contributed by atoms with Crippen LogP contribution in [0.1, 0.15) is 28.1 Å². The fourth-order valence-corrected chi connectivity index (χ4v) is 3.27. The molecule has 5 nitrogen and oxygen atoms in total. The van der Waals surface area contributed by atoms with Crippen LogP contribution in [0.3, 0.4) is 0 Å². The van der Waals surface area contributed by atoms with Crippen LogP contribution in [0.25, 0.3) is 11.8 Å². The van der Waals surface area contributed by atoms with Crippen LogP contribution in [0, 0.1) is 25.2 Å². The summed E-state index contributed by atoms with van der Waals surface area (Å²) in [6.45, 7) is 8.58. The van der Waals surface area contributed by atoms with Crippen LogP contribution in [0.15, 0.2) is 73.3 Å². The second-order valence-corrected chi connectivity index (χ2v) is 6.98. The monoisotopic (exact) mass is 396 g/mol. The molecule has 5 heteroatoms. The second kappa shape index (κ2) is 9.53. The van der Waals surface area contributed by atoms with E-state index < -0.39 is 0 Å². The number of nitrogens with zero attached hydrogens (tertiary/aromatic N) is 4. The highest BCUT2D eigenvalue weighted by Crippen LogP contribution is 2.19. The van der Waals surface area contributed by atoms with Gasteiger partial charge in [-0.15, -0.1) is 6.58 Å². The van der Waals surface area contributed by atoms with E-state index in [2.05, 4.69) is 17.7 Å². The Kier molecular flexibility index (Phi) is 6.61. The highest BCUT2D eigenvalue weighted by atomic mass is 16.2. The molecule has 0 aliphatic rings. The fraction of sp³-hybridized carbons (Fsp3) is 0.160. The SMILES string of the molecule is C=CCN(Cc1ccc(C#N)cc1)C(=O)/C=C/c1c(C)nn(-c2ccccc2)c1C. The van der Waals surface area contributed by atoms with Crippen LogP contribution in [0.2, 0.25) is 0 Å². The molecule has 0 N–H and O–H groups in total. The van der Waals surface area contributed by atoms with E-state index >= 15 is 0 Å². The number of para-hydroxylation sites is 1. The zero-order chi connectivity index (χ0) is 21.5. The highest BCUT2D eigenvalue weighted by molar-refractivity contribution is 5.92. The topological polar surface area (TPSA) is 61.9 Å². The van der Waals surface area contributed by atoms with E-state index in [9.17, 15) is 4.79 Å². The molecule has 1 amide bonds. The molecule has 1 aromatic heterocycles. The average molecular weight is 396 g/mol. The van der Waals surface area contributed by atoms with Crippen LogP contribution in [-0.2, 0) is 11.3 Å². The van der Waals surface area contributed by atoms with Crippen molar-refractivity contribution in [2.75, 3.05) is 6.54 Å². The lowest BCUT2D eigenvalue weighted by Gasteiger charge is -2.19. The zero-order valence-electron chi connectivity index (χ0n) is 17.2. The minimum absolute atomic E-state index is 0.106. The molecule has 0 aliphatic carbocycles. The molecule has 0 saturated heterocycles. The Morgan fingerprint density at radius 3 is 2.50 bits per heavy atom. The number of benzene rings is 2. The van der Waals surface area contributed by atoms with Crippen molar-refractivity contribution in [1.29, 1.82) is 5.26 Å². The molecule has 0 fully saturated rings. The summed E-state index contributed by atoms with van der Waals surface area (Å²) in [4.78, 5) is 14.6. The molecule has 0 atom stereocenters. The number of aryl methyl sites for hydroxylation is 1. The molecular weight excluding hydrogens is 372 g/mol. The summed E-state index contributed by atoms with van der Waals surface area (Å²) in [6.07, 6.45) is 5.12. The van der Waals surface area contributed by atoms with Gasteiger partial charge in [-0.2, -0.15) is 10.4 Å². The van der Waals surface area contributed by atoms with Gasteiger partial charge in [0.2, 0.25) is 5.91 Å². The predicted octanol–water partition coefficient (Wildman–Crippen LogP) is 4.59. The minimum atomic E-state index is -0.106. The molecule has 0 saturated carbocycles. The van der Waals surface area contributed by atoms with E-state index in [1.165, 1.54) is 0 Å². The first-order chi connectivity index (χ1) is 14.5. The predicted molar refractivity (Wildman–Crippen MR) is 119 cm³/mol. The van der Waals surface area contributed by atoms with Gasteiger partial charge in [-0.3, -0.25) is 4.79 Å². The zero-order valence-corrected chi connectivity index (χ0v) is 17.2. The highest BCUT2D eigenvalue weighted by Gasteiger charge is 2.13. The quantitative estimate of drug-likeness (QED) is 0.433. The lowest BCUT2D eigenvalue weighted by molar-refractivity contribution is -0.126. The van der Waals surface area contributed by atoms with Crippen molar-refractivity contribution in [3.63, 3.8) is 0 Å². The second-order valence-electron chi connectivity index (χ2n) is 6.98. The van der Waals surface area contributed by atoms with Crippen LogP contribution >= 0.6 is 0 Å². The molecular formula is C25H24N4O. The molecule has 150 valence electrons. The van der Waals surface area contributed by atoms with Crippen LogP contribution < -0.4 is 0 Å². The van der Waals surface area contributed by atoms with E-state index in [-0.39, 0.29) is 5.91 Å². The largest absolute Gasteiger partial charge is 0.331 e. The molecule has 0 unspecified atom stereocenters. The Hall–Kier alpha value is -3.91. The molecule has 1 heterocycles. The molecule has 2 aromatic carbocycles. The van der Waals surface area contributed by atoms with E-state index in [1.54, 1.807) is 29.2 Å². The summed E-state index contributed by atoms with van der Waals surface area (Å²) in [5.41, 5.74) is 5.32. The van der Waals surface area contributed by atoms with Gasteiger partial charge in [-0.05, 0) is 49.8 Å². The van der Waals surface area contributed by atoms with Crippen molar-refractivity contribution in [3.05, 3.63) is 101 Å². The van der Waals surface area contributed by atoms with Gasteiger partial charge in [0.15, 0.2) is 0 Å². The normalized spacial score (nSPS) is 10.7. The van der Waals surface area contributed by atoms with Crippen molar-refractivity contribution < 1.29 is 4.79 Å². The lowest BCUT2D eigenvalue weighted by Crippen LogP contribution is -2.29. The van der Waals surface area contributed by atoms with Gasteiger partial charge in [-0.1, -0.05) is 36.4 Å². The van der Waals surface area contributed by atoms with Gasteiger partial charge < -0.3 is 4.90 Å². The third kappa shape index (κ3) is 4.73. The van der Waals surface area contributed by atoms with Crippen molar-refractivity contribution in [2.24, 2.45) is 0 Å². The molecule has 30 heavy (non-hydrogen) atoms.